The molecule has 1 saturated carbocycles. The van der Waals surface area contributed by atoms with Gasteiger partial charge in [0, 0.05) is 19.6 Å². The number of unbranched alkanes of at least 4 members (excludes halogenated alkanes) is 1. The number of rotatable bonds is 8. The highest BCUT2D eigenvalue weighted by Crippen LogP contribution is 2.32. The molecule has 16 heavy (non-hydrogen) atoms. The van der Waals surface area contributed by atoms with E-state index in [-0.39, 0.29) is 5.91 Å². The summed E-state index contributed by atoms with van der Waals surface area (Å²) in [5, 5.41) is 2.93. The summed E-state index contributed by atoms with van der Waals surface area (Å²) in [5.41, 5.74) is 5.37. The Labute approximate surface area is 97.9 Å². The predicted molar refractivity (Wildman–Crippen MR) is 64.1 cm³/mol. The number of carbonyl (C=O) groups is 1. The molecule has 0 unspecified atom stereocenters. The molecule has 0 aromatic heterocycles. The molecule has 0 aromatic rings. The summed E-state index contributed by atoms with van der Waals surface area (Å²) < 4.78 is 5.46. The second-order valence-electron chi connectivity index (χ2n) is 4.46. The highest BCUT2D eigenvalue weighted by molar-refractivity contribution is 5.76. The van der Waals surface area contributed by atoms with E-state index in [4.69, 9.17) is 10.5 Å². The molecular weight excluding hydrogens is 204 g/mol. The van der Waals surface area contributed by atoms with Gasteiger partial charge in [-0.2, -0.15) is 0 Å². The number of amides is 1. The van der Waals surface area contributed by atoms with Crippen molar-refractivity contribution >= 4 is 5.91 Å². The maximum absolute atomic E-state index is 11.5. The minimum atomic E-state index is 0.178. The van der Waals surface area contributed by atoms with E-state index in [2.05, 4.69) is 5.32 Å². The molecule has 0 atom stereocenters. The summed E-state index contributed by atoms with van der Waals surface area (Å²) in [6.07, 6.45) is 5.12. The molecule has 0 radical (unpaired) electrons. The Hall–Kier alpha value is -0.610. The van der Waals surface area contributed by atoms with Crippen LogP contribution in [-0.2, 0) is 9.53 Å². The lowest BCUT2D eigenvalue weighted by Gasteiger charge is -2.34. The van der Waals surface area contributed by atoms with Gasteiger partial charge in [0.25, 0.3) is 0 Å². The van der Waals surface area contributed by atoms with Gasteiger partial charge in [-0.25, -0.2) is 0 Å². The molecule has 0 bridgehead atoms. The summed E-state index contributed by atoms with van der Waals surface area (Å²) >= 11 is 0. The van der Waals surface area contributed by atoms with Crippen LogP contribution in [0.15, 0.2) is 0 Å². The van der Waals surface area contributed by atoms with E-state index in [1.54, 1.807) is 0 Å². The van der Waals surface area contributed by atoms with Crippen molar-refractivity contribution < 1.29 is 9.53 Å². The van der Waals surface area contributed by atoms with Crippen LogP contribution in [0.25, 0.3) is 0 Å². The standard InChI is InChI=1S/C12H24N2O2/c1-2-16-11-7-10(8-11)9-12(15)14-6-4-3-5-13/h10-11H,2-9,13H2,1H3,(H,14,15). The monoisotopic (exact) mass is 228 g/mol. The number of nitrogens with one attached hydrogen (secondary N) is 1. The van der Waals surface area contributed by atoms with Crippen molar-refractivity contribution in [1.29, 1.82) is 0 Å². The van der Waals surface area contributed by atoms with Crippen LogP contribution in [0.4, 0.5) is 0 Å². The fourth-order valence-corrected chi connectivity index (χ4v) is 2.04. The highest BCUT2D eigenvalue weighted by atomic mass is 16.5. The van der Waals surface area contributed by atoms with Gasteiger partial charge < -0.3 is 15.8 Å². The normalized spacial score (nSPS) is 23.9. The number of carbonyl (C=O) groups excluding carboxylic acids is 1. The molecule has 1 rings (SSSR count). The van der Waals surface area contributed by atoms with Gasteiger partial charge in [-0.15, -0.1) is 0 Å². The third kappa shape index (κ3) is 4.94. The molecule has 1 amide bonds. The van der Waals surface area contributed by atoms with Crippen LogP contribution in [-0.4, -0.2) is 31.7 Å². The van der Waals surface area contributed by atoms with Crippen LogP contribution >= 0.6 is 0 Å². The average Bonchev–Trinajstić information content (AvgIpc) is 2.21. The van der Waals surface area contributed by atoms with Crippen LogP contribution in [0.1, 0.15) is 39.0 Å². The third-order valence-electron chi connectivity index (χ3n) is 3.02. The summed E-state index contributed by atoms with van der Waals surface area (Å²) in [6.45, 7) is 4.26. The number of nitrogens with two attached hydrogens (primary N) is 1. The first-order chi connectivity index (χ1) is 7.76. The van der Waals surface area contributed by atoms with Gasteiger partial charge in [-0.1, -0.05) is 0 Å². The van der Waals surface area contributed by atoms with Gasteiger partial charge in [0.1, 0.15) is 0 Å². The number of ether oxygens (including phenoxy) is 1. The molecule has 1 aliphatic carbocycles. The first-order valence-electron chi connectivity index (χ1n) is 6.34. The Morgan fingerprint density at radius 2 is 2.19 bits per heavy atom. The summed E-state index contributed by atoms with van der Waals surface area (Å²) in [7, 11) is 0. The van der Waals surface area contributed by atoms with Crippen LogP contribution in [0.5, 0.6) is 0 Å². The van der Waals surface area contributed by atoms with Crippen LogP contribution in [0.3, 0.4) is 0 Å². The Bertz CT molecular complexity index is 203. The quantitative estimate of drug-likeness (QED) is 0.610. The van der Waals surface area contributed by atoms with E-state index in [0.717, 1.165) is 38.8 Å². The Kier molecular flexibility index (Phi) is 6.42. The van der Waals surface area contributed by atoms with Crippen LogP contribution in [0.2, 0.25) is 0 Å². The maximum Gasteiger partial charge on any atom is 0.220 e. The topological polar surface area (TPSA) is 64.3 Å². The van der Waals surface area contributed by atoms with E-state index < -0.39 is 0 Å². The van der Waals surface area contributed by atoms with E-state index >= 15 is 0 Å². The average molecular weight is 228 g/mol. The summed E-state index contributed by atoms with van der Waals surface area (Å²) in [6, 6.07) is 0. The molecule has 0 saturated heterocycles. The number of hydrogen-bond donors (Lipinski definition) is 2. The van der Waals surface area contributed by atoms with E-state index in [1.165, 1.54) is 0 Å². The number of hydrogen-bond acceptors (Lipinski definition) is 3. The van der Waals surface area contributed by atoms with Crippen molar-refractivity contribution in [3.8, 4) is 0 Å². The Morgan fingerprint density at radius 3 is 2.81 bits per heavy atom. The predicted octanol–water partition coefficient (Wildman–Crippen LogP) is 1.05. The summed E-state index contributed by atoms with van der Waals surface area (Å²) in [5.74, 6) is 0.711. The lowest BCUT2D eigenvalue weighted by atomic mass is 9.80. The molecule has 4 nitrogen and oxygen atoms in total. The molecule has 1 aliphatic rings. The highest BCUT2D eigenvalue weighted by Gasteiger charge is 2.30. The molecule has 4 heteroatoms. The zero-order chi connectivity index (χ0) is 11.8. The van der Waals surface area contributed by atoms with Gasteiger partial charge in [-0.3, -0.25) is 4.79 Å². The first kappa shape index (κ1) is 13.5. The van der Waals surface area contributed by atoms with Gasteiger partial charge in [0.15, 0.2) is 0 Å². The van der Waals surface area contributed by atoms with Crippen LogP contribution in [0, 0.1) is 5.92 Å². The van der Waals surface area contributed by atoms with Crippen molar-refractivity contribution in [2.45, 2.75) is 45.1 Å². The van der Waals surface area contributed by atoms with E-state index in [9.17, 15) is 4.79 Å². The Balaban J connectivity index is 1.95. The zero-order valence-electron chi connectivity index (χ0n) is 10.2. The van der Waals surface area contributed by atoms with Gasteiger partial charge >= 0.3 is 0 Å². The maximum atomic E-state index is 11.5. The zero-order valence-corrected chi connectivity index (χ0v) is 10.2. The molecule has 1 fully saturated rings. The second kappa shape index (κ2) is 7.63. The third-order valence-corrected chi connectivity index (χ3v) is 3.02. The minimum absolute atomic E-state index is 0.178. The van der Waals surface area contributed by atoms with Gasteiger partial charge in [-0.05, 0) is 45.1 Å². The largest absolute Gasteiger partial charge is 0.378 e. The smallest absolute Gasteiger partial charge is 0.220 e. The van der Waals surface area contributed by atoms with Crippen molar-refractivity contribution in [3.63, 3.8) is 0 Å². The van der Waals surface area contributed by atoms with Crippen molar-refractivity contribution in [1.82, 2.24) is 5.32 Å². The van der Waals surface area contributed by atoms with E-state index in [1.807, 2.05) is 6.92 Å². The second-order valence-corrected chi connectivity index (χ2v) is 4.46. The van der Waals surface area contributed by atoms with E-state index in [0.29, 0.717) is 25.0 Å². The molecule has 0 aliphatic heterocycles. The van der Waals surface area contributed by atoms with Gasteiger partial charge in [0.05, 0.1) is 6.10 Å². The molecule has 94 valence electrons. The lowest BCUT2D eigenvalue weighted by Crippen LogP contribution is -2.36. The van der Waals surface area contributed by atoms with Crippen molar-refractivity contribution in [3.05, 3.63) is 0 Å². The lowest BCUT2D eigenvalue weighted by molar-refractivity contribution is -0.124. The fourth-order valence-electron chi connectivity index (χ4n) is 2.04. The van der Waals surface area contributed by atoms with Crippen LogP contribution < -0.4 is 11.1 Å². The molecule has 0 aromatic carbocycles. The first-order valence-corrected chi connectivity index (χ1v) is 6.34. The molecule has 0 heterocycles. The molecular formula is C12H24N2O2. The van der Waals surface area contributed by atoms with Crippen molar-refractivity contribution in [2.75, 3.05) is 19.7 Å². The fraction of sp³-hybridized carbons (Fsp3) is 0.917. The molecule has 0 spiro atoms. The SMILES string of the molecule is CCOC1CC(CC(=O)NCCCCN)C1. The molecule has 3 N–H and O–H groups in total. The van der Waals surface area contributed by atoms with Crippen molar-refractivity contribution in [2.24, 2.45) is 11.7 Å². The van der Waals surface area contributed by atoms with Gasteiger partial charge in [0.2, 0.25) is 5.91 Å². The minimum Gasteiger partial charge on any atom is -0.378 e. The Morgan fingerprint density at radius 1 is 1.44 bits per heavy atom. The summed E-state index contributed by atoms with van der Waals surface area (Å²) in [4.78, 5) is 11.5.